The molecule has 0 aliphatic rings. The molecule has 0 bridgehead atoms. The van der Waals surface area contributed by atoms with Crippen LogP contribution in [0.1, 0.15) is 0 Å². The molecule has 3 heterocycles. The van der Waals surface area contributed by atoms with Crippen molar-refractivity contribution in [2.75, 3.05) is 7.11 Å². The van der Waals surface area contributed by atoms with E-state index >= 15 is 0 Å². The van der Waals surface area contributed by atoms with E-state index in [0.29, 0.717) is 0 Å². The molecule has 0 amide bonds. The van der Waals surface area contributed by atoms with E-state index in [-0.39, 0.29) is 5.82 Å². The molecule has 3 aromatic heterocycles. The Morgan fingerprint density at radius 3 is 2.75 bits per heavy atom. The maximum absolute atomic E-state index is 13.5. The Hall–Kier alpha value is -3.97. The number of H-pyrrole nitrogens is 1. The number of hydrogen-bond acceptors (Lipinski definition) is 4. The lowest BCUT2D eigenvalue weighted by Crippen LogP contribution is -1.94. The molecule has 3 aromatic carbocycles. The van der Waals surface area contributed by atoms with E-state index in [2.05, 4.69) is 19.5 Å². The first-order valence-corrected chi connectivity index (χ1v) is 10.9. The Kier molecular flexibility index (Phi) is 4.29. The second-order valence-corrected chi connectivity index (χ2v) is 8.47. The average molecular weight is 441 g/mol. The average Bonchev–Trinajstić information content (AvgIpc) is 3.55. The number of thiazole rings is 1. The first-order chi connectivity index (χ1) is 15.7. The van der Waals surface area contributed by atoms with Gasteiger partial charge in [0.2, 0.25) is 0 Å². The number of halogens is 1. The van der Waals surface area contributed by atoms with E-state index in [4.69, 9.17) is 4.74 Å². The minimum Gasteiger partial charge on any atom is -0.497 e. The third kappa shape index (κ3) is 3.06. The highest BCUT2D eigenvalue weighted by Gasteiger charge is 2.14. The van der Waals surface area contributed by atoms with Crippen LogP contribution < -0.4 is 4.74 Å². The van der Waals surface area contributed by atoms with Gasteiger partial charge in [0.15, 0.2) is 0 Å². The largest absolute Gasteiger partial charge is 0.497 e. The number of hydrogen-bond donors (Lipinski definition) is 1. The lowest BCUT2D eigenvalue weighted by Gasteiger charge is -2.09. The fourth-order valence-corrected chi connectivity index (χ4v) is 4.92. The van der Waals surface area contributed by atoms with Crippen molar-refractivity contribution in [2.45, 2.75) is 0 Å². The minimum atomic E-state index is -0.245. The molecule has 0 atom stereocenters. The molecule has 7 heteroatoms. The first-order valence-electron chi connectivity index (χ1n) is 10.0. The van der Waals surface area contributed by atoms with Crippen molar-refractivity contribution in [3.63, 3.8) is 0 Å². The molecule has 0 unspecified atom stereocenters. The van der Waals surface area contributed by atoms with Gasteiger partial charge in [-0.2, -0.15) is 0 Å². The van der Waals surface area contributed by atoms with Gasteiger partial charge in [-0.3, -0.25) is 4.57 Å². The van der Waals surface area contributed by atoms with Crippen LogP contribution in [0.3, 0.4) is 0 Å². The summed E-state index contributed by atoms with van der Waals surface area (Å²) < 4.78 is 21.8. The van der Waals surface area contributed by atoms with Crippen molar-refractivity contribution in [3.8, 4) is 33.3 Å². The molecule has 0 spiro atoms. The highest BCUT2D eigenvalue weighted by atomic mass is 32.1. The van der Waals surface area contributed by atoms with Gasteiger partial charge in [-0.15, -0.1) is 11.3 Å². The van der Waals surface area contributed by atoms with Gasteiger partial charge < -0.3 is 9.72 Å². The minimum absolute atomic E-state index is 0.245. The van der Waals surface area contributed by atoms with Gasteiger partial charge in [-0.25, -0.2) is 14.4 Å². The number of imidazole rings is 1. The summed E-state index contributed by atoms with van der Waals surface area (Å²) in [6.07, 6.45) is 5.66. The van der Waals surface area contributed by atoms with Gasteiger partial charge >= 0.3 is 0 Å². The molecule has 0 saturated carbocycles. The molecule has 6 aromatic rings. The van der Waals surface area contributed by atoms with E-state index in [1.54, 1.807) is 13.2 Å². The lowest BCUT2D eigenvalue weighted by molar-refractivity contribution is 0.415. The van der Waals surface area contributed by atoms with Crippen molar-refractivity contribution < 1.29 is 9.13 Å². The van der Waals surface area contributed by atoms with Crippen LogP contribution in [0.5, 0.6) is 5.75 Å². The van der Waals surface area contributed by atoms with Crippen LogP contribution in [0.25, 0.3) is 48.6 Å². The highest BCUT2D eigenvalue weighted by molar-refractivity contribution is 7.21. The zero-order valence-corrected chi connectivity index (χ0v) is 17.9. The maximum Gasteiger partial charge on any atom is 0.124 e. The fourth-order valence-electron chi connectivity index (χ4n) is 3.93. The summed E-state index contributed by atoms with van der Waals surface area (Å²) in [6, 6.07) is 18.8. The van der Waals surface area contributed by atoms with Crippen LogP contribution in [0.15, 0.2) is 79.4 Å². The molecule has 6 rings (SSSR count). The van der Waals surface area contributed by atoms with E-state index in [1.807, 2.05) is 61.2 Å². The number of aromatic amines is 1. The van der Waals surface area contributed by atoms with Crippen molar-refractivity contribution in [2.24, 2.45) is 0 Å². The van der Waals surface area contributed by atoms with E-state index < -0.39 is 0 Å². The molecule has 5 nitrogen and oxygen atoms in total. The molecule has 0 fully saturated rings. The van der Waals surface area contributed by atoms with E-state index in [9.17, 15) is 4.39 Å². The van der Waals surface area contributed by atoms with Crippen LogP contribution in [0.2, 0.25) is 0 Å². The molecule has 0 aliphatic carbocycles. The normalized spacial score (nSPS) is 11.4. The topological polar surface area (TPSA) is 55.7 Å². The standard InChI is InChI=1S/C25H17FN4OS/c1-31-18-7-9-21-19(11-18)20(12-28-21)23-13-27-14-30(23)17-5-2-15(3-6-17)25-29-22-8-4-16(26)10-24(22)32-25/h2-14,28H,1H3. The molecular formula is C25H17FN4OS. The number of methoxy groups -OCH3 is 1. The molecule has 156 valence electrons. The Morgan fingerprint density at radius 1 is 1.03 bits per heavy atom. The van der Waals surface area contributed by atoms with Gasteiger partial charge in [0.25, 0.3) is 0 Å². The molecule has 32 heavy (non-hydrogen) atoms. The quantitative estimate of drug-likeness (QED) is 0.343. The van der Waals surface area contributed by atoms with Crippen molar-refractivity contribution >= 4 is 32.5 Å². The van der Waals surface area contributed by atoms with Crippen LogP contribution in [0.4, 0.5) is 4.39 Å². The third-order valence-electron chi connectivity index (χ3n) is 5.55. The highest BCUT2D eigenvalue weighted by Crippen LogP contribution is 2.34. The number of aromatic nitrogens is 4. The van der Waals surface area contributed by atoms with Gasteiger partial charge in [-0.05, 0) is 60.7 Å². The molecule has 1 N–H and O–H groups in total. The molecule has 0 saturated heterocycles. The summed E-state index contributed by atoms with van der Waals surface area (Å²) >= 11 is 1.49. The summed E-state index contributed by atoms with van der Waals surface area (Å²) in [5, 5.41) is 1.94. The summed E-state index contributed by atoms with van der Waals surface area (Å²) in [6.45, 7) is 0. The number of fused-ring (bicyclic) bond motifs is 2. The van der Waals surface area contributed by atoms with Gasteiger partial charge in [0.05, 0.1) is 35.5 Å². The predicted molar refractivity (Wildman–Crippen MR) is 126 cm³/mol. The van der Waals surface area contributed by atoms with Crippen LogP contribution in [0, 0.1) is 5.82 Å². The van der Waals surface area contributed by atoms with Crippen LogP contribution >= 0.6 is 11.3 Å². The number of rotatable bonds is 4. The molecular weight excluding hydrogens is 423 g/mol. The monoisotopic (exact) mass is 440 g/mol. The fraction of sp³-hybridized carbons (Fsp3) is 0.0400. The van der Waals surface area contributed by atoms with Gasteiger partial charge in [0, 0.05) is 33.9 Å². The SMILES string of the molecule is COc1ccc2[nH]cc(-c3cncn3-c3ccc(-c4nc5ccc(F)cc5s4)cc3)c2c1. The summed E-state index contributed by atoms with van der Waals surface area (Å²) in [5.41, 5.74) is 5.86. The van der Waals surface area contributed by atoms with E-state index in [0.717, 1.165) is 54.4 Å². The van der Waals surface area contributed by atoms with Crippen LogP contribution in [-0.4, -0.2) is 26.6 Å². The lowest BCUT2D eigenvalue weighted by atomic mass is 10.1. The van der Waals surface area contributed by atoms with Crippen molar-refractivity contribution in [1.29, 1.82) is 0 Å². The molecule has 0 aliphatic heterocycles. The second-order valence-electron chi connectivity index (χ2n) is 7.44. The Morgan fingerprint density at radius 2 is 1.91 bits per heavy atom. The van der Waals surface area contributed by atoms with Crippen LogP contribution in [-0.2, 0) is 0 Å². The summed E-state index contributed by atoms with van der Waals surface area (Å²) in [7, 11) is 1.67. The Labute approximate surface area is 186 Å². The Balaban J connectivity index is 1.39. The van der Waals surface area contributed by atoms with Gasteiger partial charge in [-0.1, -0.05) is 0 Å². The Bertz CT molecular complexity index is 1580. The number of benzene rings is 3. The first kappa shape index (κ1) is 18.8. The zero-order chi connectivity index (χ0) is 21.7. The number of nitrogens with zero attached hydrogens (tertiary/aromatic N) is 3. The smallest absolute Gasteiger partial charge is 0.124 e. The maximum atomic E-state index is 13.5. The summed E-state index contributed by atoms with van der Waals surface area (Å²) in [5.74, 6) is 0.565. The predicted octanol–water partition coefficient (Wildman–Crippen LogP) is 6.45. The van der Waals surface area contributed by atoms with Crippen molar-refractivity contribution in [3.05, 3.63) is 85.2 Å². The van der Waals surface area contributed by atoms with Crippen molar-refractivity contribution in [1.82, 2.24) is 19.5 Å². The second kappa shape index (κ2) is 7.32. The zero-order valence-electron chi connectivity index (χ0n) is 17.0. The molecule has 0 radical (unpaired) electrons. The number of ether oxygens (including phenoxy) is 1. The third-order valence-corrected chi connectivity index (χ3v) is 6.61. The van der Waals surface area contributed by atoms with Gasteiger partial charge in [0.1, 0.15) is 16.6 Å². The summed E-state index contributed by atoms with van der Waals surface area (Å²) in [4.78, 5) is 12.4. The number of nitrogens with one attached hydrogen (secondary N) is 1. The van der Waals surface area contributed by atoms with E-state index in [1.165, 1.54) is 23.5 Å².